The van der Waals surface area contributed by atoms with Gasteiger partial charge < -0.3 is 16.0 Å². The molecule has 1 atom stereocenters. The largest absolute Gasteiger partial charge is 0.354 e. The first-order chi connectivity index (χ1) is 8.61. The molecular formula is C13H25N3O2. The zero-order valence-electron chi connectivity index (χ0n) is 11.4. The van der Waals surface area contributed by atoms with E-state index in [0.717, 1.165) is 25.8 Å². The minimum atomic E-state index is -0.0618. The standard InChI is InChI=1S/C13H25N3O2/c1-10(2)12(17)15-8-9-16-13(18)11-6-4-3-5-7-14-11/h10-11,14H,3-9H2,1-2H3,(H,15,17)(H,16,18). The van der Waals surface area contributed by atoms with Gasteiger partial charge in [-0.2, -0.15) is 0 Å². The van der Waals surface area contributed by atoms with E-state index in [1.54, 1.807) is 0 Å². The van der Waals surface area contributed by atoms with Gasteiger partial charge in [-0.1, -0.05) is 26.7 Å². The van der Waals surface area contributed by atoms with Crippen LogP contribution < -0.4 is 16.0 Å². The van der Waals surface area contributed by atoms with Crippen LogP contribution in [-0.4, -0.2) is 37.5 Å². The van der Waals surface area contributed by atoms with Crippen molar-refractivity contribution in [2.24, 2.45) is 5.92 Å². The highest BCUT2D eigenvalue weighted by Gasteiger charge is 2.18. The predicted octanol–water partition coefficient (Wildman–Crippen LogP) is 0.407. The molecule has 0 aromatic heterocycles. The minimum absolute atomic E-state index is 0.00998. The highest BCUT2D eigenvalue weighted by atomic mass is 16.2. The van der Waals surface area contributed by atoms with Crippen molar-refractivity contribution in [3.8, 4) is 0 Å². The van der Waals surface area contributed by atoms with E-state index >= 15 is 0 Å². The average Bonchev–Trinajstić information content (AvgIpc) is 2.62. The lowest BCUT2D eigenvalue weighted by Crippen LogP contribution is -2.46. The summed E-state index contributed by atoms with van der Waals surface area (Å²) >= 11 is 0. The number of carbonyl (C=O) groups excluding carboxylic acids is 2. The molecule has 0 aliphatic carbocycles. The monoisotopic (exact) mass is 255 g/mol. The second-order valence-electron chi connectivity index (χ2n) is 5.09. The van der Waals surface area contributed by atoms with E-state index in [4.69, 9.17) is 0 Å². The van der Waals surface area contributed by atoms with Gasteiger partial charge in [0, 0.05) is 19.0 Å². The minimum Gasteiger partial charge on any atom is -0.354 e. The van der Waals surface area contributed by atoms with Crippen molar-refractivity contribution in [1.82, 2.24) is 16.0 Å². The molecule has 0 aromatic rings. The fraction of sp³-hybridized carbons (Fsp3) is 0.846. The molecule has 0 spiro atoms. The quantitative estimate of drug-likeness (QED) is 0.623. The second kappa shape index (κ2) is 8.08. The Morgan fingerprint density at radius 2 is 1.89 bits per heavy atom. The Labute approximate surface area is 109 Å². The van der Waals surface area contributed by atoms with Gasteiger partial charge in [-0.05, 0) is 19.4 Å². The number of nitrogens with one attached hydrogen (secondary N) is 3. The van der Waals surface area contributed by atoms with E-state index in [1.807, 2.05) is 13.8 Å². The molecule has 1 fully saturated rings. The molecule has 104 valence electrons. The van der Waals surface area contributed by atoms with Gasteiger partial charge in [0.05, 0.1) is 6.04 Å². The van der Waals surface area contributed by atoms with E-state index < -0.39 is 0 Å². The lowest BCUT2D eigenvalue weighted by molar-refractivity contribution is -0.125. The molecule has 18 heavy (non-hydrogen) atoms. The summed E-state index contributed by atoms with van der Waals surface area (Å²) in [7, 11) is 0. The number of carbonyl (C=O) groups is 2. The summed E-state index contributed by atoms with van der Waals surface area (Å²) in [6.45, 7) is 5.61. The molecule has 1 heterocycles. The Morgan fingerprint density at radius 1 is 1.17 bits per heavy atom. The topological polar surface area (TPSA) is 70.2 Å². The molecule has 0 bridgehead atoms. The average molecular weight is 255 g/mol. The Kier molecular flexibility index (Phi) is 6.72. The zero-order chi connectivity index (χ0) is 13.4. The number of rotatable bonds is 5. The van der Waals surface area contributed by atoms with Gasteiger partial charge in [0.1, 0.15) is 0 Å². The SMILES string of the molecule is CC(C)C(=O)NCCNC(=O)C1CCCCCN1. The van der Waals surface area contributed by atoms with Crippen LogP contribution in [0, 0.1) is 5.92 Å². The maximum Gasteiger partial charge on any atom is 0.237 e. The third-order valence-corrected chi connectivity index (χ3v) is 3.12. The maximum atomic E-state index is 11.8. The molecule has 1 rings (SSSR count). The summed E-state index contributed by atoms with van der Waals surface area (Å²) < 4.78 is 0. The van der Waals surface area contributed by atoms with Crippen LogP contribution in [0.5, 0.6) is 0 Å². The van der Waals surface area contributed by atoms with Crippen LogP contribution in [0.3, 0.4) is 0 Å². The Bertz CT molecular complexity index is 271. The van der Waals surface area contributed by atoms with Crippen molar-refractivity contribution in [2.75, 3.05) is 19.6 Å². The fourth-order valence-corrected chi connectivity index (χ4v) is 1.95. The van der Waals surface area contributed by atoms with Gasteiger partial charge in [0.2, 0.25) is 11.8 Å². The van der Waals surface area contributed by atoms with E-state index in [-0.39, 0.29) is 23.8 Å². The third kappa shape index (κ3) is 5.49. The highest BCUT2D eigenvalue weighted by molar-refractivity contribution is 5.82. The van der Waals surface area contributed by atoms with E-state index in [9.17, 15) is 9.59 Å². The van der Waals surface area contributed by atoms with E-state index in [2.05, 4.69) is 16.0 Å². The molecule has 1 saturated heterocycles. The van der Waals surface area contributed by atoms with Crippen LogP contribution >= 0.6 is 0 Å². The molecule has 5 nitrogen and oxygen atoms in total. The van der Waals surface area contributed by atoms with Crippen molar-refractivity contribution in [2.45, 2.75) is 45.6 Å². The van der Waals surface area contributed by atoms with Crippen LogP contribution in [0.25, 0.3) is 0 Å². The summed E-state index contributed by atoms with van der Waals surface area (Å²) in [6, 6.07) is -0.0618. The van der Waals surface area contributed by atoms with Gasteiger partial charge in [-0.15, -0.1) is 0 Å². The molecular weight excluding hydrogens is 230 g/mol. The van der Waals surface area contributed by atoms with E-state index in [1.165, 1.54) is 6.42 Å². The zero-order valence-corrected chi connectivity index (χ0v) is 11.4. The van der Waals surface area contributed by atoms with Gasteiger partial charge >= 0.3 is 0 Å². The van der Waals surface area contributed by atoms with E-state index in [0.29, 0.717) is 13.1 Å². The van der Waals surface area contributed by atoms with Crippen LogP contribution in [0.4, 0.5) is 0 Å². The van der Waals surface area contributed by atoms with Gasteiger partial charge in [0.25, 0.3) is 0 Å². The van der Waals surface area contributed by atoms with Gasteiger partial charge in [0.15, 0.2) is 0 Å². The molecule has 1 aliphatic rings. The highest BCUT2D eigenvalue weighted by Crippen LogP contribution is 2.08. The Hall–Kier alpha value is -1.10. The van der Waals surface area contributed by atoms with Crippen molar-refractivity contribution in [1.29, 1.82) is 0 Å². The summed E-state index contributed by atoms with van der Waals surface area (Å²) in [5, 5.41) is 8.89. The predicted molar refractivity (Wildman–Crippen MR) is 71.1 cm³/mol. The first kappa shape index (κ1) is 15.0. The first-order valence-electron chi connectivity index (χ1n) is 6.90. The summed E-state index contributed by atoms with van der Waals surface area (Å²) in [5.41, 5.74) is 0. The van der Waals surface area contributed by atoms with Gasteiger partial charge in [-0.3, -0.25) is 9.59 Å². The smallest absolute Gasteiger partial charge is 0.237 e. The molecule has 3 N–H and O–H groups in total. The molecule has 1 aliphatic heterocycles. The number of amides is 2. The van der Waals surface area contributed by atoms with Crippen molar-refractivity contribution >= 4 is 11.8 Å². The van der Waals surface area contributed by atoms with Crippen LogP contribution in [0.2, 0.25) is 0 Å². The second-order valence-corrected chi connectivity index (χ2v) is 5.09. The Balaban J connectivity index is 2.14. The summed E-state index contributed by atoms with van der Waals surface area (Å²) in [5.74, 6) is 0.0664. The molecule has 5 heteroatoms. The summed E-state index contributed by atoms with van der Waals surface area (Å²) in [4.78, 5) is 23.1. The fourth-order valence-electron chi connectivity index (χ4n) is 1.95. The molecule has 0 radical (unpaired) electrons. The summed E-state index contributed by atoms with van der Waals surface area (Å²) in [6.07, 6.45) is 4.36. The van der Waals surface area contributed by atoms with Gasteiger partial charge in [-0.25, -0.2) is 0 Å². The number of hydrogen-bond donors (Lipinski definition) is 3. The normalized spacial score (nSPS) is 20.3. The van der Waals surface area contributed by atoms with Crippen LogP contribution in [0.15, 0.2) is 0 Å². The van der Waals surface area contributed by atoms with Crippen LogP contribution in [0.1, 0.15) is 39.5 Å². The lowest BCUT2D eigenvalue weighted by atomic mass is 10.1. The Morgan fingerprint density at radius 3 is 2.61 bits per heavy atom. The van der Waals surface area contributed by atoms with Crippen molar-refractivity contribution in [3.63, 3.8) is 0 Å². The lowest BCUT2D eigenvalue weighted by Gasteiger charge is -2.15. The molecule has 1 unspecified atom stereocenters. The number of hydrogen-bond acceptors (Lipinski definition) is 3. The molecule has 0 saturated carbocycles. The molecule has 0 aromatic carbocycles. The van der Waals surface area contributed by atoms with Crippen molar-refractivity contribution < 1.29 is 9.59 Å². The third-order valence-electron chi connectivity index (χ3n) is 3.12. The molecule has 2 amide bonds. The van der Waals surface area contributed by atoms with Crippen LogP contribution in [-0.2, 0) is 9.59 Å². The van der Waals surface area contributed by atoms with Crippen molar-refractivity contribution in [3.05, 3.63) is 0 Å². The maximum absolute atomic E-state index is 11.8. The first-order valence-corrected chi connectivity index (χ1v) is 6.90.